The molecule has 1 heterocycles. The zero-order valence-corrected chi connectivity index (χ0v) is 15.5. The van der Waals surface area contributed by atoms with Crippen molar-refractivity contribution in [3.05, 3.63) is 68.7 Å². The van der Waals surface area contributed by atoms with Crippen molar-refractivity contribution in [2.45, 2.75) is 6.54 Å². The number of carbonyl (C=O) groups excluding carboxylic acids is 1. The number of nitrogens with one attached hydrogen (secondary N) is 3. The van der Waals surface area contributed by atoms with Crippen LogP contribution in [0.2, 0.25) is 10.0 Å². The number of aromatic nitrogens is 2. The van der Waals surface area contributed by atoms with Crippen molar-refractivity contribution in [1.29, 1.82) is 0 Å². The van der Waals surface area contributed by atoms with Gasteiger partial charge >= 0.3 is 0 Å². The number of hydrogen-bond acceptors (Lipinski definition) is 3. The van der Waals surface area contributed by atoms with Crippen molar-refractivity contribution in [2.24, 2.45) is 0 Å². The maximum atomic E-state index is 12.2. The molecule has 26 heavy (non-hydrogen) atoms. The van der Waals surface area contributed by atoms with E-state index in [9.17, 15) is 9.59 Å². The van der Waals surface area contributed by atoms with Gasteiger partial charge in [0.1, 0.15) is 6.54 Å². The number of amides is 1. The third-order valence-electron chi connectivity index (χ3n) is 3.80. The molecule has 0 saturated heterocycles. The first kappa shape index (κ1) is 18.4. The van der Waals surface area contributed by atoms with Crippen LogP contribution in [0.3, 0.4) is 0 Å². The molecule has 8 heteroatoms. The van der Waals surface area contributed by atoms with Gasteiger partial charge in [0, 0.05) is 5.69 Å². The third kappa shape index (κ3) is 4.40. The second kappa shape index (κ2) is 7.86. The van der Waals surface area contributed by atoms with Crippen LogP contribution in [0.15, 0.2) is 47.3 Å². The Labute approximate surface area is 159 Å². The first-order valence-electron chi connectivity index (χ1n) is 7.96. The molecule has 3 aromatic rings. The topological polar surface area (TPSA) is 79.3 Å². The molecule has 0 bridgehead atoms. The quantitative estimate of drug-likeness (QED) is 0.621. The van der Waals surface area contributed by atoms with Crippen LogP contribution in [0.1, 0.15) is 5.82 Å². The number of aromatic amines is 1. The minimum Gasteiger partial charge on any atom is -0.323 e. The number of fused-ring (bicyclic) bond motifs is 1. The van der Waals surface area contributed by atoms with Crippen LogP contribution in [0.5, 0.6) is 0 Å². The number of nitrogens with zero attached hydrogens (tertiary/aromatic N) is 1. The van der Waals surface area contributed by atoms with E-state index in [1.165, 1.54) is 0 Å². The van der Waals surface area contributed by atoms with Gasteiger partial charge in [0.05, 0.1) is 28.0 Å². The number of hydrogen-bond donors (Lipinski definition) is 3. The summed E-state index contributed by atoms with van der Waals surface area (Å²) in [5.74, 6) is 0.359. The summed E-state index contributed by atoms with van der Waals surface area (Å²) in [4.78, 5) is 32.4. The van der Waals surface area contributed by atoms with Crippen molar-refractivity contribution in [3.8, 4) is 0 Å². The normalized spacial score (nSPS) is 12.1. The molecule has 0 aliphatic carbocycles. The van der Waals surface area contributed by atoms with E-state index in [0.29, 0.717) is 39.0 Å². The molecule has 3 N–H and O–H groups in total. The van der Waals surface area contributed by atoms with Crippen molar-refractivity contribution in [3.63, 3.8) is 0 Å². The number of quaternary nitrogens is 1. The zero-order valence-electron chi connectivity index (χ0n) is 14.0. The Kier molecular flexibility index (Phi) is 5.56. The first-order valence-corrected chi connectivity index (χ1v) is 8.72. The van der Waals surface area contributed by atoms with Crippen molar-refractivity contribution >= 4 is 45.7 Å². The molecule has 0 fully saturated rings. The lowest BCUT2D eigenvalue weighted by Crippen LogP contribution is -3.08. The molecule has 1 aromatic heterocycles. The Morgan fingerprint density at radius 3 is 2.73 bits per heavy atom. The molecule has 0 radical (unpaired) electrons. The lowest BCUT2D eigenvalue weighted by Gasteiger charge is -2.13. The largest absolute Gasteiger partial charge is 0.323 e. The third-order valence-corrected chi connectivity index (χ3v) is 4.54. The SMILES string of the molecule is C[NH+](CC(=O)Nc1ccc(Cl)c(Cl)c1)Cc1nc2ccccc2c(=O)[nH]1. The summed E-state index contributed by atoms with van der Waals surface area (Å²) in [6.45, 7) is 0.617. The summed E-state index contributed by atoms with van der Waals surface area (Å²) in [7, 11) is 1.85. The second-order valence-corrected chi connectivity index (χ2v) is 6.83. The number of carbonyl (C=O) groups is 1. The lowest BCUT2D eigenvalue weighted by atomic mass is 10.2. The molecule has 1 atom stereocenters. The second-order valence-electron chi connectivity index (χ2n) is 6.02. The minimum absolute atomic E-state index is 0.177. The lowest BCUT2D eigenvalue weighted by molar-refractivity contribution is -0.885. The Morgan fingerprint density at radius 2 is 1.96 bits per heavy atom. The predicted octanol–water partition coefficient (Wildman–Crippen LogP) is 1.88. The van der Waals surface area contributed by atoms with E-state index in [-0.39, 0.29) is 18.0 Å². The van der Waals surface area contributed by atoms with Crippen molar-refractivity contribution in [1.82, 2.24) is 9.97 Å². The van der Waals surface area contributed by atoms with E-state index in [4.69, 9.17) is 23.2 Å². The number of benzene rings is 2. The van der Waals surface area contributed by atoms with E-state index < -0.39 is 0 Å². The van der Waals surface area contributed by atoms with E-state index >= 15 is 0 Å². The molecule has 0 aliphatic rings. The fraction of sp³-hybridized carbons (Fsp3) is 0.167. The standard InChI is InChI=1S/C18H16Cl2N4O2/c1-24(10-17(25)21-11-6-7-13(19)14(20)8-11)9-16-22-15-5-3-2-4-12(15)18(26)23-16/h2-8H,9-10H2,1H3,(H,21,25)(H,22,23,26)/p+1. The summed E-state index contributed by atoms with van der Waals surface area (Å²) in [6, 6.07) is 12.1. The number of likely N-dealkylation sites (N-methyl/N-ethyl adjacent to an activating group) is 1. The van der Waals surface area contributed by atoms with Gasteiger partial charge in [-0.05, 0) is 30.3 Å². The monoisotopic (exact) mass is 391 g/mol. The molecule has 0 spiro atoms. The summed E-state index contributed by atoms with van der Waals surface area (Å²) in [5.41, 5.74) is 1.03. The van der Waals surface area contributed by atoms with Crippen LogP contribution in [0.4, 0.5) is 5.69 Å². The molecular formula is C18H17Cl2N4O2+. The van der Waals surface area contributed by atoms with Gasteiger partial charge in [-0.1, -0.05) is 35.3 Å². The van der Waals surface area contributed by atoms with Gasteiger partial charge in [0.2, 0.25) is 0 Å². The maximum Gasteiger partial charge on any atom is 0.279 e. The highest BCUT2D eigenvalue weighted by Gasteiger charge is 2.13. The summed E-state index contributed by atoms with van der Waals surface area (Å²) >= 11 is 11.8. The average Bonchev–Trinajstić information content (AvgIpc) is 2.58. The highest BCUT2D eigenvalue weighted by atomic mass is 35.5. The van der Waals surface area contributed by atoms with Gasteiger partial charge in [-0.2, -0.15) is 0 Å². The summed E-state index contributed by atoms with van der Waals surface area (Å²) < 4.78 is 0. The molecular weight excluding hydrogens is 375 g/mol. The van der Waals surface area contributed by atoms with Gasteiger partial charge < -0.3 is 15.2 Å². The van der Waals surface area contributed by atoms with E-state index in [1.54, 1.807) is 36.4 Å². The summed E-state index contributed by atoms with van der Waals surface area (Å²) in [5, 5.41) is 4.13. The Hall–Kier alpha value is -2.41. The Bertz CT molecular complexity index is 1020. The number of halogens is 2. The molecule has 0 aliphatic heterocycles. The van der Waals surface area contributed by atoms with Gasteiger partial charge in [0.15, 0.2) is 12.4 Å². The molecule has 1 amide bonds. The van der Waals surface area contributed by atoms with E-state index in [2.05, 4.69) is 15.3 Å². The van der Waals surface area contributed by atoms with E-state index in [1.807, 2.05) is 13.1 Å². The van der Waals surface area contributed by atoms with Crippen LogP contribution >= 0.6 is 23.2 Å². The molecule has 3 rings (SSSR count). The van der Waals surface area contributed by atoms with Gasteiger partial charge in [-0.15, -0.1) is 0 Å². The molecule has 1 unspecified atom stereocenters. The highest BCUT2D eigenvalue weighted by Crippen LogP contribution is 2.24. The van der Waals surface area contributed by atoms with Crippen molar-refractivity contribution < 1.29 is 9.69 Å². The molecule has 134 valence electrons. The maximum absolute atomic E-state index is 12.2. The Balaban J connectivity index is 1.64. The zero-order chi connectivity index (χ0) is 18.7. The first-order chi connectivity index (χ1) is 12.4. The minimum atomic E-state index is -0.182. The van der Waals surface area contributed by atoms with Gasteiger partial charge in [-0.3, -0.25) is 9.59 Å². The number of para-hydroxylation sites is 1. The molecule has 6 nitrogen and oxygen atoms in total. The molecule has 2 aromatic carbocycles. The van der Waals surface area contributed by atoms with Crippen molar-refractivity contribution in [2.75, 3.05) is 18.9 Å². The smallest absolute Gasteiger partial charge is 0.279 e. The number of rotatable bonds is 5. The summed E-state index contributed by atoms with van der Waals surface area (Å²) in [6.07, 6.45) is 0. The van der Waals surface area contributed by atoms with Gasteiger partial charge in [-0.25, -0.2) is 4.98 Å². The van der Waals surface area contributed by atoms with Gasteiger partial charge in [0.25, 0.3) is 11.5 Å². The predicted molar refractivity (Wildman–Crippen MR) is 103 cm³/mol. The Morgan fingerprint density at radius 1 is 1.19 bits per heavy atom. The van der Waals surface area contributed by atoms with E-state index in [0.717, 1.165) is 4.90 Å². The highest BCUT2D eigenvalue weighted by molar-refractivity contribution is 6.42. The number of anilines is 1. The van der Waals surface area contributed by atoms with Crippen LogP contribution in [-0.2, 0) is 11.3 Å². The average molecular weight is 392 g/mol. The fourth-order valence-electron chi connectivity index (χ4n) is 2.62. The van der Waals surface area contributed by atoms with Crippen LogP contribution < -0.4 is 15.8 Å². The van der Waals surface area contributed by atoms with Crippen LogP contribution in [0.25, 0.3) is 10.9 Å². The number of H-pyrrole nitrogens is 1. The van der Waals surface area contributed by atoms with Crippen LogP contribution in [-0.4, -0.2) is 29.5 Å². The fourth-order valence-corrected chi connectivity index (χ4v) is 2.92. The van der Waals surface area contributed by atoms with Crippen LogP contribution in [0, 0.1) is 0 Å². The molecule has 0 saturated carbocycles.